The number of amides is 1. The Labute approximate surface area is 172 Å². The first-order valence-corrected chi connectivity index (χ1v) is 9.90. The van der Waals surface area contributed by atoms with Crippen LogP contribution in [0.4, 0.5) is 0 Å². The van der Waals surface area contributed by atoms with Crippen LogP contribution in [-0.2, 0) is 4.79 Å². The van der Waals surface area contributed by atoms with Gasteiger partial charge in [-0.1, -0.05) is 53.8 Å². The van der Waals surface area contributed by atoms with Gasteiger partial charge in [0.1, 0.15) is 29.0 Å². The summed E-state index contributed by atoms with van der Waals surface area (Å²) in [5.74, 6) is 1.30. The first kappa shape index (κ1) is 19.7. The van der Waals surface area contributed by atoms with E-state index in [1.807, 2.05) is 32.0 Å². The summed E-state index contributed by atoms with van der Waals surface area (Å²) in [4.78, 5) is 12.4. The average molecular weight is 420 g/mol. The molecular formula is C20H18ClNO3S2. The largest absolute Gasteiger partial charge is 0.489 e. The standard InChI is InChI=1S/C20H18ClNO3S2/c1-12-4-3-5-13(2)18(12)25-9-8-24-16-7-6-15(21)10-14(16)11-17-19(23)22-20(26)27-17/h3-7,10-11H,8-9H2,1-2H3,(H,22,23,26)/b17-11-. The number of benzene rings is 2. The maximum atomic E-state index is 11.9. The minimum Gasteiger partial charge on any atom is -0.489 e. The number of halogens is 1. The summed E-state index contributed by atoms with van der Waals surface area (Å²) in [6.45, 7) is 4.80. The number of carbonyl (C=O) groups is 1. The number of nitrogens with one attached hydrogen (secondary N) is 1. The molecule has 2 aromatic carbocycles. The summed E-state index contributed by atoms with van der Waals surface area (Å²) in [6, 6.07) is 11.3. The summed E-state index contributed by atoms with van der Waals surface area (Å²) in [7, 11) is 0. The van der Waals surface area contributed by atoms with Crippen LogP contribution in [0, 0.1) is 13.8 Å². The average Bonchev–Trinajstić information content (AvgIpc) is 2.92. The Hall–Kier alpha value is -2.02. The van der Waals surface area contributed by atoms with Crippen molar-refractivity contribution >= 4 is 51.9 Å². The predicted molar refractivity (Wildman–Crippen MR) is 115 cm³/mol. The van der Waals surface area contributed by atoms with Crippen LogP contribution in [0.3, 0.4) is 0 Å². The van der Waals surface area contributed by atoms with Gasteiger partial charge in [-0.3, -0.25) is 4.79 Å². The van der Waals surface area contributed by atoms with Crippen molar-refractivity contribution in [1.29, 1.82) is 0 Å². The molecule has 0 radical (unpaired) electrons. The third-order valence-electron chi connectivity index (χ3n) is 3.90. The van der Waals surface area contributed by atoms with Crippen molar-refractivity contribution in [3.8, 4) is 11.5 Å². The lowest BCUT2D eigenvalue weighted by Gasteiger charge is -2.14. The van der Waals surface area contributed by atoms with Crippen LogP contribution in [0.25, 0.3) is 6.08 Å². The normalized spacial score (nSPS) is 15.1. The molecule has 0 saturated carbocycles. The fourth-order valence-corrected chi connectivity index (χ4v) is 3.86. The van der Waals surface area contributed by atoms with Crippen molar-refractivity contribution < 1.29 is 14.3 Å². The number of ether oxygens (including phenoxy) is 2. The molecule has 27 heavy (non-hydrogen) atoms. The number of thiocarbonyl (C=S) groups is 1. The second kappa shape index (κ2) is 8.78. The highest BCUT2D eigenvalue weighted by atomic mass is 35.5. The van der Waals surface area contributed by atoms with Crippen LogP contribution in [-0.4, -0.2) is 23.4 Å². The number of rotatable bonds is 6. The number of carbonyl (C=O) groups excluding carboxylic acids is 1. The SMILES string of the molecule is Cc1cccc(C)c1OCCOc1ccc(Cl)cc1/C=C1\SC(=S)NC1=O. The quantitative estimate of drug-likeness (QED) is 0.410. The number of aryl methyl sites for hydroxylation is 2. The van der Waals surface area contributed by atoms with E-state index in [-0.39, 0.29) is 5.91 Å². The molecule has 3 rings (SSSR count). The maximum Gasteiger partial charge on any atom is 0.263 e. The minimum atomic E-state index is -0.214. The van der Waals surface area contributed by atoms with Gasteiger partial charge in [-0.05, 0) is 49.2 Å². The Balaban J connectivity index is 1.68. The van der Waals surface area contributed by atoms with E-state index in [9.17, 15) is 4.79 Å². The van der Waals surface area contributed by atoms with E-state index in [0.717, 1.165) is 22.4 Å². The third kappa shape index (κ3) is 5.03. The topological polar surface area (TPSA) is 47.6 Å². The Morgan fingerprint density at radius 1 is 1.15 bits per heavy atom. The number of hydrogen-bond acceptors (Lipinski definition) is 5. The van der Waals surface area contributed by atoms with Crippen molar-refractivity contribution in [3.05, 3.63) is 63.0 Å². The van der Waals surface area contributed by atoms with Gasteiger partial charge in [0.15, 0.2) is 0 Å². The molecule has 1 aliphatic rings. The Morgan fingerprint density at radius 3 is 2.52 bits per heavy atom. The molecule has 140 valence electrons. The first-order chi connectivity index (χ1) is 12.9. The zero-order valence-electron chi connectivity index (χ0n) is 14.9. The number of thioether (sulfide) groups is 1. The monoisotopic (exact) mass is 419 g/mol. The molecule has 2 aromatic rings. The molecule has 1 N–H and O–H groups in total. The molecule has 1 heterocycles. The van der Waals surface area contributed by atoms with Crippen LogP contribution in [0.5, 0.6) is 11.5 Å². The fraction of sp³-hybridized carbons (Fsp3) is 0.200. The summed E-state index contributed by atoms with van der Waals surface area (Å²) in [6.07, 6.45) is 1.73. The lowest BCUT2D eigenvalue weighted by Crippen LogP contribution is -2.17. The Morgan fingerprint density at radius 2 is 1.85 bits per heavy atom. The van der Waals surface area contributed by atoms with E-state index in [0.29, 0.717) is 33.2 Å². The van der Waals surface area contributed by atoms with Crippen LogP contribution in [0.2, 0.25) is 5.02 Å². The number of para-hydroxylation sites is 1. The molecule has 0 unspecified atom stereocenters. The van der Waals surface area contributed by atoms with Crippen LogP contribution in [0.1, 0.15) is 16.7 Å². The molecule has 0 spiro atoms. The van der Waals surface area contributed by atoms with E-state index in [1.165, 1.54) is 11.8 Å². The molecule has 7 heteroatoms. The van der Waals surface area contributed by atoms with Gasteiger partial charge in [0, 0.05) is 10.6 Å². The van der Waals surface area contributed by atoms with E-state index in [1.54, 1.807) is 24.3 Å². The molecule has 0 aliphatic carbocycles. The van der Waals surface area contributed by atoms with Crippen LogP contribution in [0.15, 0.2) is 41.3 Å². The second-order valence-corrected chi connectivity index (χ2v) is 8.11. The van der Waals surface area contributed by atoms with Crippen molar-refractivity contribution in [1.82, 2.24) is 5.32 Å². The van der Waals surface area contributed by atoms with Gasteiger partial charge in [-0.15, -0.1) is 0 Å². The molecule has 0 aromatic heterocycles. The van der Waals surface area contributed by atoms with E-state index < -0.39 is 0 Å². The molecule has 4 nitrogen and oxygen atoms in total. The smallest absolute Gasteiger partial charge is 0.263 e. The van der Waals surface area contributed by atoms with Crippen molar-refractivity contribution in [2.75, 3.05) is 13.2 Å². The summed E-state index contributed by atoms with van der Waals surface area (Å²) in [5, 5.41) is 3.16. The molecule has 1 saturated heterocycles. The zero-order valence-corrected chi connectivity index (χ0v) is 17.3. The van der Waals surface area contributed by atoms with Gasteiger partial charge in [-0.25, -0.2) is 0 Å². The highest BCUT2D eigenvalue weighted by Gasteiger charge is 2.22. The highest BCUT2D eigenvalue weighted by Crippen LogP contribution is 2.31. The van der Waals surface area contributed by atoms with Crippen molar-refractivity contribution in [3.63, 3.8) is 0 Å². The molecule has 0 bridgehead atoms. The van der Waals surface area contributed by atoms with Gasteiger partial charge >= 0.3 is 0 Å². The van der Waals surface area contributed by atoms with Gasteiger partial charge in [0.05, 0.1) is 4.91 Å². The van der Waals surface area contributed by atoms with E-state index >= 15 is 0 Å². The van der Waals surface area contributed by atoms with Crippen LogP contribution < -0.4 is 14.8 Å². The molecule has 0 atom stereocenters. The second-order valence-electron chi connectivity index (χ2n) is 5.95. The maximum absolute atomic E-state index is 11.9. The first-order valence-electron chi connectivity index (χ1n) is 8.30. The van der Waals surface area contributed by atoms with Gasteiger partial charge in [0.25, 0.3) is 5.91 Å². The molecule has 1 fully saturated rings. The predicted octanol–water partition coefficient (Wildman–Crippen LogP) is 4.90. The summed E-state index contributed by atoms with van der Waals surface area (Å²) >= 11 is 12.3. The van der Waals surface area contributed by atoms with Gasteiger partial charge in [0.2, 0.25) is 0 Å². The molecule has 1 aliphatic heterocycles. The van der Waals surface area contributed by atoms with Crippen molar-refractivity contribution in [2.24, 2.45) is 0 Å². The van der Waals surface area contributed by atoms with Gasteiger partial charge in [-0.2, -0.15) is 0 Å². The minimum absolute atomic E-state index is 0.214. The Kier molecular flexibility index (Phi) is 6.42. The van der Waals surface area contributed by atoms with Crippen LogP contribution >= 0.6 is 35.6 Å². The molecular weight excluding hydrogens is 402 g/mol. The Bertz CT molecular complexity index is 907. The molecule has 1 amide bonds. The lowest BCUT2D eigenvalue weighted by molar-refractivity contribution is -0.115. The fourth-order valence-electron chi connectivity index (χ4n) is 2.65. The van der Waals surface area contributed by atoms with E-state index in [4.69, 9.17) is 33.3 Å². The number of hydrogen-bond donors (Lipinski definition) is 1. The van der Waals surface area contributed by atoms with Crippen molar-refractivity contribution in [2.45, 2.75) is 13.8 Å². The highest BCUT2D eigenvalue weighted by molar-refractivity contribution is 8.26. The third-order valence-corrected chi connectivity index (χ3v) is 5.29. The zero-order chi connectivity index (χ0) is 19.4. The lowest BCUT2D eigenvalue weighted by atomic mass is 10.1. The summed E-state index contributed by atoms with van der Waals surface area (Å²) < 4.78 is 12.2. The van der Waals surface area contributed by atoms with E-state index in [2.05, 4.69) is 5.32 Å². The van der Waals surface area contributed by atoms with Gasteiger partial charge < -0.3 is 14.8 Å². The summed E-state index contributed by atoms with van der Waals surface area (Å²) in [5.41, 5.74) is 2.90.